The Bertz CT molecular complexity index is 584. The highest BCUT2D eigenvalue weighted by molar-refractivity contribution is 7.89. The minimum Gasteiger partial charge on any atom is -0.381 e. The van der Waals surface area contributed by atoms with Crippen LogP contribution in [0.3, 0.4) is 0 Å². The number of benzene rings is 1. The van der Waals surface area contributed by atoms with Crippen LogP contribution in [0.15, 0.2) is 17.0 Å². The van der Waals surface area contributed by atoms with Gasteiger partial charge in [-0.05, 0) is 37.5 Å². The smallest absolute Gasteiger partial charge is 0.241 e. The predicted octanol–water partition coefficient (Wildman–Crippen LogP) is 1.05. The molecule has 2 rings (SSSR count). The highest BCUT2D eigenvalue weighted by Crippen LogP contribution is 2.21. The van der Waals surface area contributed by atoms with Crippen molar-refractivity contribution in [3.8, 4) is 0 Å². The number of sulfonamides is 1. The maximum atomic E-state index is 13.8. The van der Waals surface area contributed by atoms with Crippen molar-refractivity contribution < 1.29 is 17.5 Å². The van der Waals surface area contributed by atoms with Crippen molar-refractivity contribution in [3.05, 3.63) is 29.1 Å². The molecule has 1 aliphatic heterocycles. The molecule has 0 amide bonds. The molecular weight excluding hydrogens is 283 g/mol. The average molecular weight is 302 g/mol. The zero-order valence-corrected chi connectivity index (χ0v) is 12.2. The topological polar surface area (TPSA) is 81.4 Å². The molecule has 0 bridgehead atoms. The molecule has 1 aliphatic rings. The summed E-state index contributed by atoms with van der Waals surface area (Å²) < 4.78 is 46.3. The second kappa shape index (κ2) is 6.17. The van der Waals surface area contributed by atoms with E-state index in [1.165, 1.54) is 19.1 Å². The zero-order valence-electron chi connectivity index (χ0n) is 11.4. The molecular formula is C13H19FN2O3S. The van der Waals surface area contributed by atoms with Crippen molar-refractivity contribution in [2.75, 3.05) is 13.2 Å². The van der Waals surface area contributed by atoms with Gasteiger partial charge < -0.3 is 10.5 Å². The van der Waals surface area contributed by atoms with Gasteiger partial charge in [0.1, 0.15) is 5.82 Å². The summed E-state index contributed by atoms with van der Waals surface area (Å²) in [5, 5.41) is 0. The molecule has 0 aromatic heterocycles. The maximum absolute atomic E-state index is 13.8. The van der Waals surface area contributed by atoms with Gasteiger partial charge in [-0.2, -0.15) is 0 Å². The minimum atomic E-state index is -3.75. The van der Waals surface area contributed by atoms with Gasteiger partial charge in [-0.3, -0.25) is 0 Å². The van der Waals surface area contributed by atoms with E-state index in [-0.39, 0.29) is 23.0 Å². The van der Waals surface area contributed by atoms with Crippen LogP contribution in [0.4, 0.5) is 4.39 Å². The van der Waals surface area contributed by atoms with Gasteiger partial charge in [0.05, 0.1) is 4.90 Å². The highest BCUT2D eigenvalue weighted by Gasteiger charge is 2.25. The number of nitrogens with two attached hydrogens (primary N) is 1. The second-order valence-corrected chi connectivity index (χ2v) is 6.60. The molecule has 0 spiro atoms. The highest BCUT2D eigenvalue weighted by atomic mass is 32.2. The van der Waals surface area contributed by atoms with Gasteiger partial charge in [0, 0.05) is 31.4 Å². The van der Waals surface area contributed by atoms with Crippen molar-refractivity contribution in [3.63, 3.8) is 0 Å². The Balaban J connectivity index is 2.30. The van der Waals surface area contributed by atoms with Gasteiger partial charge in [-0.25, -0.2) is 17.5 Å². The van der Waals surface area contributed by atoms with E-state index in [0.717, 1.165) is 0 Å². The van der Waals surface area contributed by atoms with Gasteiger partial charge >= 0.3 is 0 Å². The Morgan fingerprint density at radius 3 is 2.65 bits per heavy atom. The van der Waals surface area contributed by atoms with Crippen LogP contribution in [0.2, 0.25) is 0 Å². The molecule has 0 saturated carbocycles. The number of hydrogen-bond donors (Lipinski definition) is 2. The van der Waals surface area contributed by atoms with Gasteiger partial charge in [-0.1, -0.05) is 0 Å². The van der Waals surface area contributed by atoms with Crippen LogP contribution in [0.5, 0.6) is 0 Å². The molecule has 7 heteroatoms. The first kappa shape index (κ1) is 15.4. The van der Waals surface area contributed by atoms with Crippen molar-refractivity contribution in [2.24, 2.45) is 5.73 Å². The van der Waals surface area contributed by atoms with E-state index >= 15 is 0 Å². The molecule has 1 aromatic rings. The average Bonchev–Trinajstić information content (AvgIpc) is 2.42. The SMILES string of the molecule is Cc1c(F)cc(CN)cc1S(=O)(=O)NC1CCOCC1. The van der Waals surface area contributed by atoms with Crippen LogP contribution in [0, 0.1) is 12.7 Å². The summed E-state index contributed by atoms with van der Waals surface area (Å²) in [6.45, 7) is 2.61. The van der Waals surface area contributed by atoms with E-state index in [1.807, 2.05) is 0 Å². The number of hydrogen-bond acceptors (Lipinski definition) is 4. The summed E-state index contributed by atoms with van der Waals surface area (Å²) >= 11 is 0. The lowest BCUT2D eigenvalue weighted by atomic mass is 10.1. The maximum Gasteiger partial charge on any atom is 0.241 e. The lowest BCUT2D eigenvalue weighted by Gasteiger charge is -2.23. The van der Waals surface area contributed by atoms with Crippen molar-refractivity contribution in [1.29, 1.82) is 0 Å². The van der Waals surface area contributed by atoms with E-state index in [4.69, 9.17) is 10.5 Å². The third-order valence-corrected chi connectivity index (χ3v) is 5.07. The van der Waals surface area contributed by atoms with Gasteiger partial charge in [0.15, 0.2) is 0 Å². The van der Waals surface area contributed by atoms with Crippen LogP contribution >= 0.6 is 0 Å². The van der Waals surface area contributed by atoms with Crippen LogP contribution < -0.4 is 10.5 Å². The molecule has 0 radical (unpaired) electrons. The normalized spacial score (nSPS) is 17.4. The van der Waals surface area contributed by atoms with Crippen LogP contribution in [0.1, 0.15) is 24.0 Å². The van der Waals surface area contributed by atoms with Crippen molar-refractivity contribution >= 4 is 10.0 Å². The van der Waals surface area contributed by atoms with E-state index in [9.17, 15) is 12.8 Å². The standard InChI is InChI=1S/C13H19FN2O3S/c1-9-12(14)6-10(8-15)7-13(9)20(17,18)16-11-2-4-19-5-3-11/h6-7,11,16H,2-5,8,15H2,1H3. The third-order valence-electron chi connectivity index (χ3n) is 3.42. The van der Waals surface area contributed by atoms with E-state index in [0.29, 0.717) is 31.6 Å². The quantitative estimate of drug-likeness (QED) is 0.871. The summed E-state index contributed by atoms with van der Waals surface area (Å²) in [5.74, 6) is -0.555. The monoisotopic (exact) mass is 302 g/mol. The van der Waals surface area contributed by atoms with E-state index in [2.05, 4.69) is 4.72 Å². The molecule has 1 fully saturated rings. The first-order chi connectivity index (χ1) is 9.44. The molecule has 0 aliphatic carbocycles. The lowest BCUT2D eigenvalue weighted by molar-refractivity contribution is 0.0832. The summed E-state index contributed by atoms with van der Waals surface area (Å²) in [6, 6.07) is 2.53. The molecule has 0 atom stereocenters. The first-order valence-corrected chi connectivity index (χ1v) is 8.01. The van der Waals surface area contributed by atoms with Crippen LogP contribution in [-0.4, -0.2) is 27.7 Å². The molecule has 112 valence electrons. The second-order valence-electron chi connectivity index (χ2n) is 4.91. The molecule has 20 heavy (non-hydrogen) atoms. The molecule has 1 aromatic carbocycles. The van der Waals surface area contributed by atoms with Crippen LogP contribution in [0.25, 0.3) is 0 Å². The van der Waals surface area contributed by atoms with E-state index in [1.54, 1.807) is 0 Å². The summed E-state index contributed by atoms with van der Waals surface area (Å²) in [4.78, 5) is -0.0376. The van der Waals surface area contributed by atoms with Crippen molar-refractivity contribution in [1.82, 2.24) is 4.72 Å². The molecule has 5 nitrogen and oxygen atoms in total. The Labute approximate surface area is 118 Å². The number of rotatable bonds is 4. The Morgan fingerprint density at radius 2 is 2.05 bits per heavy atom. The fraction of sp³-hybridized carbons (Fsp3) is 0.538. The van der Waals surface area contributed by atoms with Gasteiger partial charge in [-0.15, -0.1) is 0 Å². The summed E-state index contributed by atoms with van der Waals surface area (Å²) in [7, 11) is -3.75. The fourth-order valence-electron chi connectivity index (χ4n) is 2.20. The molecule has 0 unspecified atom stereocenters. The minimum absolute atomic E-state index is 0.0376. The Morgan fingerprint density at radius 1 is 1.40 bits per heavy atom. The summed E-state index contributed by atoms with van der Waals surface area (Å²) in [6.07, 6.45) is 1.24. The number of ether oxygens (including phenoxy) is 1. The molecule has 1 saturated heterocycles. The first-order valence-electron chi connectivity index (χ1n) is 6.53. The lowest BCUT2D eigenvalue weighted by Crippen LogP contribution is -2.39. The third kappa shape index (κ3) is 3.35. The van der Waals surface area contributed by atoms with Crippen LogP contribution in [-0.2, 0) is 21.3 Å². The molecule has 1 heterocycles. The largest absolute Gasteiger partial charge is 0.381 e. The predicted molar refractivity (Wildman–Crippen MR) is 73.2 cm³/mol. The van der Waals surface area contributed by atoms with Gasteiger partial charge in [0.25, 0.3) is 0 Å². The van der Waals surface area contributed by atoms with Crippen molar-refractivity contribution in [2.45, 2.75) is 37.2 Å². The number of nitrogens with one attached hydrogen (secondary N) is 1. The summed E-state index contributed by atoms with van der Waals surface area (Å²) in [5.41, 5.74) is 6.04. The Hall–Kier alpha value is -1.02. The number of halogens is 1. The zero-order chi connectivity index (χ0) is 14.8. The van der Waals surface area contributed by atoms with E-state index < -0.39 is 15.8 Å². The fourth-order valence-corrected chi connectivity index (χ4v) is 3.81. The Kier molecular flexibility index (Phi) is 4.74. The molecule has 3 N–H and O–H groups in total. The van der Waals surface area contributed by atoms with Gasteiger partial charge in [0.2, 0.25) is 10.0 Å².